The van der Waals surface area contributed by atoms with E-state index in [1.54, 1.807) is 0 Å². The van der Waals surface area contributed by atoms with Crippen LogP contribution in [0.2, 0.25) is 0 Å². The Bertz CT molecular complexity index is 3930. The zero-order valence-electron chi connectivity index (χ0n) is 40.1. The van der Waals surface area contributed by atoms with Crippen molar-refractivity contribution >= 4 is 49.3 Å². The Hall–Kier alpha value is -8.85. The smallest absolute Gasteiger partial charge is 0.200 e. The fourth-order valence-electron chi connectivity index (χ4n) is 10.6. The molecule has 0 aliphatic rings. The maximum atomic E-state index is 8.86. The van der Waals surface area contributed by atoms with E-state index in [9.17, 15) is 0 Å². The Kier molecular flexibility index (Phi) is 10.2. The first kappa shape index (κ1) is 42.5. The SMILES string of the molecule is [C-]#[N+]c1cc(-n2c3cc(-c4cccc(C)c4)ccc3c3ccc(-c4cccc(C)c4)cc32)c(-n2c3cc(-c4cccc(C)c4)ccc3c3ccc(-c4cccc(C)c4)cc32)cc1-c1nc(C)cc(C)n1. The second-order valence-corrected chi connectivity index (χ2v) is 19.0. The van der Waals surface area contributed by atoms with Crippen molar-refractivity contribution in [2.45, 2.75) is 41.5 Å². The molecule has 0 saturated carbocycles. The largest absolute Gasteiger partial charge is 0.308 e. The van der Waals surface area contributed by atoms with Crippen LogP contribution >= 0.6 is 0 Å². The number of nitrogens with zero attached hydrogens (tertiary/aromatic N) is 5. The molecule has 0 radical (unpaired) electrons. The molecule has 0 spiro atoms. The first-order valence-electron chi connectivity index (χ1n) is 23.9. The normalized spacial score (nSPS) is 11.6. The van der Waals surface area contributed by atoms with Crippen LogP contribution < -0.4 is 0 Å². The molecule has 5 heteroatoms. The highest BCUT2D eigenvalue weighted by molar-refractivity contribution is 6.14. The molecule has 0 atom stereocenters. The summed E-state index contributed by atoms with van der Waals surface area (Å²) in [4.78, 5) is 14.3. The lowest BCUT2D eigenvalue weighted by Crippen LogP contribution is -2.05. The lowest BCUT2D eigenvalue weighted by atomic mass is 10.0. The molecular weight excluding hydrogens is 851 g/mol. The van der Waals surface area contributed by atoms with Crippen LogP contribution in [0.25, 0.3) is 116 Å². The fraction of sp³-hybridized carbons (Fsp3) is 0.0923. The molecule has 0 aliphatic carbocycles. The molecular formula is C65H49N5. The number of hydrogen-bond donors (Lipinski definition) is 0. The van der Waals surface area contributed by atoms with E-state index >= 15 is 0 Å². The van der Waals surface area contributed by atoms with Crippen LogP contribution in [0.1, 0.15) is 33.6 Å². The number of hydrogen-bond acceptors (Lipinski definition) is 2. The maximum Gasteiger partial charge on any atom is 0.200 e. The zero-order valence-corrected chi connectivity index (χ0v) is 40.1. The van der Waals surface area contributed by atoms with Crippen LogP contribution in [-0.4, -0.2) is 19.1 Å². The Labute approximate surface area is 408 Å². The maximum absolute atomic E-state index is 8.86. The number of aromatic nitrogens is 4. The molecule has 0 bridgehead atoms. The van der Waals surface area contributed by atoms with Crippen molar-refractivity contribution in [1.82, 2.24) is 19.1 Å². The minimum atomic E-state index is 0.477. The van der Waals surface area contributed by atoms with E-state index in [0.717, 1.165) is 111 Å². The van der Waals surface area contributed by atoms with Crippen LogP contribution in [0.5, 0.6) is 0 Å². The second-order valence-electron chi connectivity index (χ2n) is 19.0. The predicted molar refractivity (Wildman–Crippen MR) is 293 cm³/mol. The zero-order chi connectivity index (χ0) is 47.8. The molecule has 0 saturated heterocycles. The van der Waals surface area contributed by atoms with Crippen molar-refractivity contribution in [3.05, 3.63) is 233 Å². The summed E-state index contributed by atoms with van der Waals surface area (Å²) in [7, 11) is 0. The van der Waals surface area contributed by atoms with Gasteiger partial charge in [0.25, 0.3) is 0 Å². The monoisotopic (exact) mass is 899 g/mol. The van der Waals surface area contributed by atoms with Crippen molar-refractivity contribution in [1.29, 1.82) is 0 Å². The Balaban J connectivity index is 1.26. The summed E-state index contributed by atoms with van der Waals surface area (Å²) in [5.74, 6) is 0.531. The van der Waals surface area contributed by atoms with Gasteiger partial charge in [-0.1, -0.05) is 168 Å². The summed E-state index contributed by atoms with van der Waals surface area (Å²) in [5.41, 5.74) is 22.8. The van der Waals surface area contributed by atoms with Gasteiger partial charge < -0.3 is 9.13 Å². The minimum Gasteiger partial charge on any atom is -0.308 e. The first-order chi connectivity index (χ1) is 34.1. The number of benzene rings is 9. The summed E-state index contributed by atoms with van der Waals surface area (Å²) in [5, 5.41) is 4.53. The number of aryl methyl sites for hydroxylation is 6. The molecule has 9 aromatic carbocycles. The van der Waals surface area contributed by atoms with Crippen LogP contribution in [0.3, 0.4) is 0 Å². The van der Waals surface area contributed by atoms with Gasteiger partial charge in [-0.3, -0.25) is 0 Å². The summed E-state index contributed by atoms with van der Waals surface area (Å²) >= 11 is 0. The van der Waals surface area contributed by atoms with Gasteiger partial charge in [-0.15, -0.1) is 0 Å². The van der Waals surface area contributed by atoms with Gasteiger partial charge in [0, 0.05) is 38.5 Å². The lowest BCUT2D eigenvalue weighted by Gasteiger charge is -2.20. The average molecular weight is 900 g/mol. The molecule has 3 aromatic heterocycles. The molecule has 5 nitrogen and oxygen atoms in total. The van der Waals surface area contributed by atoms with E-state index < -0.39 is 0 Å². The number of fused-ring (bicyclic) bond motifs is 6. The van der Waals surface area contributed by atoms with E-state index in [0.29, 0.717) is 17.1 Å². The van der Waals surface area contributed by atoms with Crippen molar-refractivity contribution in [3.8, 4) is 67.3 Å². The Morgan fingerprint density at radius 3 is 0.971 bits per heavy atom. The van der Waals surface area contributed by atoms with Gasteiger partial charge in [-0.25, -0.2) is 14.8 Å². The van der Waals surface area contributed by atoms with Gasteiger partial charge in [0.2, 0.25) is 0 Å². The molecule has 0 N–H and O–H groups in total. The molecule has 334 valence electrons. The van der Waals surface area contributed by atoms with E-state index in [2.05, 4.69) is 224 Å². The van der Waals surface area contributed by atoms with Gasteiger partial charge in [-0.05, 0) is 129 Å². The second kappa shape index (κ2) is 16.7. The van der Waals surface area contributed by atoms with Gasteiger partial charge in [0.1, 0.15) is 5.82 Å². The van der Waals surface area contributed by atoms with Gasteiger partial charge >= 0.3 is 0 Å². The van der Waals surface area contributed by atoms with E-state index in [1.807, 2.05) is 19.9 Å². The summed E-state index contributed by atoms with van der Waals surface area (Å²) < 4.78 is 4.84. The minimum absolute atomic E-state index is 0.477. The highest BCUT2D eigenvalue weighted by atomic mass is 15.1. The standard InChI is InChI=1S/C65H49N5/c1-39-12-8-16-45(28-39)49-20-24-53-54-25-21-50(46-17-9-13-40(2)29-46)34-60(54)69(59(53)33-49)63-37-57(65-67-43(5)32-44(6)68-65)58(66-7)38-64(63)70-61-35-51(47-18-10-14-41(3)30-47)22-26-55(61)56-27-23-52(36-62(56)70)48-19-11-15-42(4)31-48/h8-38H,1-6H3. The van der Waals surface area contributed by atoms with E-state index in [1.165, 1.54) is 22.3 Å². The van der Waals surface area contributed by atoms with Crippen LogP contribution in [0, 0.1) is 48.1 Å². The van der Waals surface area contributed by atoms with Crippen molar-refractivity contribution in [2.24, 2.45) is 0 Å². The first-order valence-corrected chi connectivity index (χ1v) is 23.9. The van der Waals surface area contributed by atoms with Crippen molar-refractivity contribution in [2.75, 3.05) is 0 Å². The number of rotatable bonds is 7. The molecule has 0 aliphatic heterocycles. The van der Waals surface area contributed by atoms with Crippen molar-refractivity contribution in [3.63, 3.8) is 0 Å². The molecule has 0 unspecified atom stereocenters. The predicted octanol–water partition coefficient (Wildman–Crippen LogP) is 17.4. The van der Waals surface area contributed by atoms with Crippen molar-refractivity contribution < 1.29 is 0 Å². The molecule has 0 amide bonds. The molecule has 12 rings (SSSR count). The van der Waals surface area contributed by atoms with Gasteiger partial charge in [-0.2, -0.15) is 0 Å². The van der Waals surface area contributed by atoms with E-state index in [-0.39, 0.29) is 0 Å². The summed E-state index contributed by atoms with van der Waals surface area (Å²) in [6.45, 7) is 21.4. The third kappa shape index (κ3) is 7.33. The molecule has 70 heavy (non-hydrogen) atoms. The summed E-state index contributed by atoms with van der Waals surface area (Å²) in [6.07, 6.45) is 0. The van der Waals surface area contributed by atoms with Crippen LogP contribution in [0.15, 0.2) is 188 Å². The van der Waals surface area contributed by atoms with Gasteiger partial charge in [0.05, 0.1) is 40.0 Å². The molecule has 0 fully saturated rings. The Morgan fingerprint density at radius 1 is 0.343 bits per heavy atom. The highest BCUT2D eigenvalue weighted by Gasteiger charge is 2.25. The third-order valence-corrected chi connectivity index (χ3v) is 13.9. The highest BCUT2D eigenvalue weighted by Crippen LogP contribution is 2.45. The Morgan fingerprint density at radius 2 is 0.657 bits per heavy atom. The quantitative estimate of drug-likeness (QED) is 0.150. The fourth-order valence-corrected chi connectivity index (χ4v) is 10.6. The average Bonchev–Trinajstić information content (AvgIpc) is 3.86. The third-order valence-electron chi connectivity index (χ3n) is 13.9. The topological polar surface area (TPSA) is 40.0 Å². The molecule has 12 aromatic rings. The van der Waals surface area contributed by atoms with Crippen LogP contribution in [0.4, 0.5) is 5.69 Å². The van der Waals surface area contributed by atoms with Crippen LogP contribution in [-0.2, 0) is 0 Å². The van der Waals surface area contributed by atoms with Gasteiger partial charge in [0.15, 0.2) is 5.69 Å². The van der Waals surface area contributed by atoms with E-state index in [4.69, 9.17) is 16.5 Å². The molecule has 3 heterocycles. The lowest BCUT2D eigenvalue weighted by molar-refractivity contribution is 1.06. The summed E-state index contributed by atoms with van der Waals surface area (Å²) in [6, 6.07) is 68.6.